The molecule has 1 rings (SSSR count). The third-order valence-corrected chi connectivity index (χ3v) is 4.62. The maximum atomic E-state index is 13.1. The van der Waals surface area contributed by atoms with Gasteiger partial charge in [0.05, 0.1) is 6.61 Å². The fourth-order valence-corrected chi connectivity index (χ4v) is 3.23. The summed E-state index contributed by atoms with van der Waals surface area (Å²) in [6.07, 6.45) is 0.905. The number of hydrogen-bond donors (Lipinski definition) is 3. The van der Waals surface area contributed by atoms with Gasteiger partial charge in [0.25, 0.3) is 0 Å². The van der Waals surface area contributed by atoms with Crippen LogP contribution in [0.25, 0.3) is 0 Å². The number of nitrogens with zero attached hydrogens (tertiary/aromatic N) is 1. The van der Waals surface area contributed by atoms with E-state index in [1.807, 2.05) is 39.0 Å². The van der Waals surface area contributed by atoms with Gasteiger partial charge < -0.3 is 25.4 Å². The van der Waals surface area contributed by atoms with Crippen LogP contribution in [0.15, 0.2) is 24.3 Å². The highest BCUT2D eigenvalue weighted by molar-refractivity contribution is 5.92. The summed E-state index contributed by atoms with van der Waals surface area (Å²) in [5, 5.41) is 15.1. The Bertz CT molecular complexity index is 760. The zero-order valence-electron chi connectivity index (χ0n) is 19.7. The van der Waals surface area contributed by atoms with Crippen LogP contribution in [-0.4, -0.2) is 59.3 Å². The normalized spacial score (nSPS) is 14.2. The van der Waals surface area contributed by atoms with Crippen LogP contribution in [0, 0.1) is 6.92 Å². The van der Waals surface area contributed by atoms with Crippen molar-refractivity contribution >= 4 is 17.9 Å². The maximum absolute atomic E-state index is 13.1. The topological polar surface area (TPSA) is 108 Å². The predicted octanol–water partition coefficient (Wildman–Crippen LogP) is 2.68. The van der Waals surface area contributed by atoms with E-state index in [4.69, 9.17) is 4.74 Å². The molecule has 3 N–H and O–H groups in total. The van der Waals surface area contributed by atoms with Crippen molar-refractivity contribution in [3.8, 4) is 0 Å². The molecule has 0 aliphatic rings. The van der Waals surface area contributed by atoms with Crippen molar-refractivity contribution in [1.82, 2.24) is 15.5 Å². The van der Waals surface area contributed by atoms with Crippen LogP contribution < -0.4 is 10.6 Å². The largest absolute Gasteiger partial charge is 0.444 e. The third kappa shape index (κ3) is 8.57. The molecule has 31 heavy (non-hydrogen) atoms. The number of aliphatic hydroxyl groups excluding tert-OH is 1. The Morgan fingerprint density at radius 3 is 2.35 bits per heavy atom. The summed E-state index contributed by atoms with van der Waals surface area (Å²) in [7, 11) is 1.48. The minimum absolute atomic E-state index is 0.0539. The summed E-state index contributed by atoms with van der Waals surface area (Å²) in [5.41, 5.74) is 0.840. The Balaban J connectivity index is 3.13. The van der Waals surface area contributed by atoms with Crippen LogP contribution in [-0.2, 0) is 14.3 Å². The van der Waals surface area contributed by atoms with Gasteiger partial charge in [0, 0.05) is 13.1 Å². The second kappa shape index (κ2) is 11.7. The number of carbonyl (C=O) groups is 3. The average molecular weight is 436 g/mol. The number of likely N-dealkylation sites (N-methyl/N-ethyl adjacent to an activating group) is 1. The summed E-state index contributed by atoms with van der Waals surface area (Å²) >= 11 is 0. The molecule has 0 spiro atoms. The van der Waals surface area contributed by atoms with Crippen molar-refractivity contribution in [3.63, 3.8) is 0 Å². The van der Waals surface area contributed by atoms with Gasteiger partial charge in [0.1, 0.15) is 17.7 Å². The van der Waals surface area contributed by atoms with Crippen LogP contribution in [0.5, 0.6) is 0 Å². The predicted molar refractivity (Wildman–Crippen MR) is 119 cm³/mol. The van der Waals surface area contributed by atoms with Gasteiger partial charge in [0.15, 0.2) is 0 Å². The number of aliphatic hydroxyl groups is 1. The van der Waals surface area contributed by atoms with E-state index in [1.165, 1.54) is 11.9 Å². The van der Waals surface area contributed by atoms with Gasteiger partial charge in [-0.05, 0) is 46.6 Å². The molecule has 0 aromatic heterocycles. The standard InChI is InChI=1S/C23H37N3O5/c1-8-10-16(3)24-20(28)19(17-12-9-11-15(2)13-17)26(7)21(29)18(14-27)25-22(30)31-23(4,5)6/h9,11-13,16,18-19,27H,8,10,14H2,1-7H3,(H,24,28)(H,25,30). The highest BCUT2D eigenvalue weighted by atomic mass is 16.6. The summed E-state index contributed by atoms with van der Waals surface area (Å²) in [4.78, 5) is 39.6. The molecule has 0 aliphatic heterocycles. The lowest BCUT2D eigenvalue weighted by molar-refractivity contribution is -0.141. The number of nitrogens with one attached hydrogen (secondary N) is 2. The van der Waals surface area contributed by atoms with Crippen LogP contribution in [0.4, 0.5) is 4.79 Å². The highest BCUT2D eigenvalue weighted by Crippen LogP contribution is 2.22. The van der Waals surface area contributed by atoms with Crippen molar-refractivity contribution in [2.75, 3.05) is 13.7 Å². The molecule has 8 heteroatoms. The number of aryl methyl sites for hydroxylation is 1. The molecule has 3 amide bonds. The van der Waals surface area contributed by atoms with Gasteiger partial charge in [-0.1, -0.05) is 43.2 Å². The zero-order chi connectivity index (χ0) is 23.8. The minimum atomic E-state index is -1.24. The van der Waals surface area contributed by atoms with Crippen molar-refractivity contribution in [2.24, 2.45) is 0 Å². The Hall–Kier alpha value is -2.61. The van der Waals surface area contributed by atoms with E-state index < -0.39 is 36.3 Å². The van der Waals surface area contributed by atoms with Crippen LogP contribution >= 0.6 is 0 Å². The molecule has 8 nitrogen and oxygen atoms in total. The minimum Gasteiger partial charge on any atom is -0.444 e. The van der Waals surface area contributed by atoms with Crippen molar-refractivity contribution < 1.29 is 24.2 Å². The first kappa shape index (κ1) is 26.4. The first-order valence-electron chi connectivity index (χ1n) is 10.6. The molecule has 3 unspecified atom stereocenters. The van der Waals surface area contributed by atoms with Crippen molar-refractivity contribution in [3.05, 3.63) is 35.4 Å². The molecular formula is C23H37N3O5. The van der Waals surface area contributed by atoms with E-state index in [9.17, 15) is 19.5 Å². The number of alkyl carbamates (subject to hydrolysis) is 1. The monoisotopic (exact) mass is 435 g/mol. The third-order valence-electron chi connectivity index (χ3n) is 4.62. The van der Waals surface area contributed by atoms with Crippen LogP contribution in [0.3, 0.4) is 0 Å². The fraction of sp³-hybridized carbons (Fsp3) is 0.609. The molecule has 0 fully saturated rings. The quantitative estimate of drug-likeness (QED) is 0.553. The van der Waals surface area contributed by atoms with Gasteiger partial charge in [-0.25, -0.2) is 4.79 Å². The Kier molecular flexibility index (Phi) is 9.97. The molecule has 0 bridgehead atoms. The lowest BCUT2D eigenvalue weighted by Crippen LogP contribution is -2.53. The van der Waals surface area contributed by atoms with Gasteiger partial charge in [-0.15, -0.1) is 0 Å². The Morgan fingerprint density at radius 2 is 1.84 bits per heavy atom. The number of ether oxygens (including phenoxy) is 1. The van der Waals surface area contributed by atoms with E-state index in [2.05, 4.69) is 10.6 Å². The summed E-state index contributed by atoms with van der Waals surface area (Å²) < 4.78 is 5.18. The summed E-state index contributed by atoms with van der Waals surface area (Å²) in [6, 6.07) is 5.13. The molecule has 1 aromatic rings. The van der Waals surface area contributed by atoms with Gasteiger partial charge >= 0.3 is 6.09 Å². The highest BCUT2D eigenvalue weighted by Gasteiger charge is 2.34. The molecule has 0 saturated heterocycles. The van der Waals surface area contributed by atoms with E-state index in [0.29, 0.717) is 5.56 Å². The molecule has 0 radical (unpaired) electrons. The lowest BCUT2D eigenvalue weighted by atomic mass is 10.0. The number of benzene rings is 1. The Labute approximate surface area is 185 Å². The maximum Gasteiger partial charge on any atom is 0.408 e. The molecule has 0 heterocycles. The van der Waals surface area contributed by atoms with Crippen molar-refractivity contribution in [1.29, 1.82) is 0 Å². The number of rotatable bonds is 9. The first-order chi connectivity index (χ1) is 14.4. The number of amides is 3. The molecule has 174 valence electrons. The van der Waals surface area contributed by atoms with Gasteiger partial charge in [-0.2, -0.15) is 0 Å². The summed E-state index contributed by atoms with van der Waals surface area (Å²) in [6.45, 7) is 10.3. The molecular weight excluding hydrogens is 398 g/mol. The zero-order valence-corrected chi connectivity index (χ0v) is 19.7. The molecule has 0 aliphatic carbocycles. The number of hydrogen-bond acceptors (Lipinski definition) is 5. The van der Waals surface area contributed by atoms with Gasteiger partial charge in [0.2, 0.25) is 11.8 Å². The second-order valence-electron chi connectivity index (χ2n) is 8.85. The number of carbonyl (C=O) groups excluding carboxylic acids is 3. The molecule has 0 saturated carbocycles. The fourth-order valence-electron chi connectivity index (χ4n) is 3.23. The van der Waals surface area contributed by atoms with E-state index in [-0.39, 0.29) is 11.9 Å². The smallest absolute Gasteiger partial charge is 0.408 e. The van der Waals surface area contributed by atoms with E-state index in [0.717, 1.165) is 18.4 Å². The average Bonchev–Trinajstić information content (AvgIpc) is 2.64. The molecule has 3 atom stereocenters. The SMILES string of the molecule is CCCC(C)NC(=O)C(c1cccc(C)c1)N(C)C(=O)C(CO)NC(=O)OC(C)(C)C. The summed E-state index contributed by atoms with van der Waals surface area (Å²) in [5.74, 6) is -0.922. The lowest BCUT2D eigenvalue weighted by Gasteiger charge is -2.32. The van der Waals surface area contributed by atoms with Crippen molar-refractivity contribution in [2.45, 2.75) is 78.1 Å². The second-order valence-corrected chi connectivity index (χ2v) is 8.85. The Morgan fingerprint density at radius 1 is 1.19 bits per heavy atom. The van der Waals surface area contributed by atoms with E-state index in [1.54, 1.807) is 26.8 Å². The van der Waals surface area contributed by atoms with Crippen LogP contribution in [0.2, 0.25) is 0 Å². The van der Waals surface area contributed by atoms with Crippen LogP contribution in [0.1, 0.15) is 64.6 Å². The molecule has 1 aromatic carbocycles. The van der Waals surface area contributed by atoms with E-state index >= 15 is 0 Å². The van der Waals surface area contributed by atoms with Gasteiger partial charge in [-0.3, -0.25) is 9.59 Å². The first-order valence-corrected chi connectivity index (χ1v) is 10.6.